The van der Waals surface area contributed by atoms with Crippen molar-refractivity contribution in [1.29, 1.82) is 5.26 Å². The topological polar surface area (TPSA) is 92.4 Å². The molecule has 3 rings (SSSR count). The average molecular weight is 360 g/mol. The van der Waals surface area contributed by atoms with E-state index < -0.39 is 12.1 Å². The van der Waals surface area contributed by atoms with Gasteiger partial charge in [0, 0.05) is 29.6 Å². The van der Waals surface area contributed by atoms with E-state index >= 15 is 0 Å². The lowest BCUT2D eigenvalue weighted by Gasteiger charge is -2.17. The van der Waals surface area contributed by atoms with Gasteiger partial charge in [-0.15, -0.1) is 0 Å². The van der Waals surface area contributed by atoms with Crippen LogP contribution in [0.1, 0.15) is 22.8 Å². The Balaban J connectivity index is 1.82. The van der Waals surface area contributed by atoms with E-state index in [0.717, 1.165) is 5.56 Å². The third-order valence-electron chi connectivity index (χ3n) is 3.77. The molecule has 0 aliphatic carbocycles. The zero-order valence-electron chi connectivity index (χ0n) is 14.3. The molecule has 1 unspecified atom stereocenters. The van der Waals surface area contributed by atoms with Crippen molar-refractivity contribution in [3.8, 4) is 17.6 Å². The number of benzene rings is 2. The maximum atomic E-state index is 11.7. The minimum atomic E-state index is -1.23. The number of aromatic nitrogens is 1. The summed E-state index contributed by atoms with van der Waals surface area (Å²) in [5, 5.41) is 18.8. The van der Waals surface area contributed by atoms with Crippen molar-refractivity contribution in [3.63, 3.8) is 0 Å². The van der Waals surface area contributed by atoms with E-state index in [9.17, 15) is 15.2 Å². The molecule has 0 bridgehead atoms. The third kappa shape index (κ3) is 4.61. The number of carboxylic acid groups (broad SMARTS) is 1. The molecule has 0 amide bonds. The Morgan fingerprint density at radius 2 is 1.96 bits per heavy atom. The van der Waals surface area contributed by atoms with Crippen LogP contribution in [0.15, 0.2) is 73.1 Å². The molecule has 1 atom stereocenters. The summed E-state index contributed by atoms with van der Waals surface area (Å²) in [6.45, 7) is 0.292. The Hall–Kier alpha value is -3.85. The van der Waals surface area contributed by atoms with Gasteiger partial charge in [-0.2, -0.15) is 5.26 Å². The van der Waals surface area contributed by atoms with Gasteiger partial charge in [0.25, 0.3) is 0 Å². The molecule has 0 aliphatic rings. The smallest absolute Gasteiger partial charge is 0.349 e. The molecule has 3 aromatic rings. The first-order valence-corrected chi connectivity index (χ1v) is 8.17. The minimum absolute atomic E-state index is 0.150. The van der Waals surface area contributed by atoms with E-state index in [2.05, 4.69) is 4.98 Å². The number of hydrogen-bond donors (Lipinski definition) is 1. The van der Waals surface area contributed by atoms with Crippen molar-refractivity contribution in [2.45, 2.75) is 12.7 Å². The molecule has 134 valence electrons. The highest BCUT2D eigenvalue weighted by Gasteiger charge is 2.23. The fourth-order valence-electron chi connectivity index (χ4n) is 2.45. The summed E-state index contributed by atoms with van der Waals surface area (Å²) in [4.78, 5) is 15.7. The number of rotatable bonds is 7. The molecule has 1 aromatic heterocycles. The number of hydrogen-bond acceptors (Lipinski definition) is 5. The molecule has 0 saturated carbocycles. The Kier molecular flexibility index (Phi) is 5.65. The maximum absolute atomic E-state index is 11.7. The van der Waals surface area contributed by atoms with Gasteiger partial charge < -0.3 is 14.6 Å². The second-order valence-corrected chi connectivity index (χ2v) is 5.67. The monoisotopic (exact) mass is 360 g/mol. The molecule has 6 heteroatoms. The lowest BCUT2D eigenvalue weighted by Crippen LogP contribution is -2.18. The van der Waals surface area contributed by atoms with E-state index in [4.69, 9.17) is 9.47 Å². The number of nitrogens with zero attached hydrogens (tertiary/aromatic N) is 2. The van der Waals surface area contributed by atoms with E-state index in [1.54, 1.807) is 48.8 Å². The van der Waals surface area contributed by atoms with Crippen LogP contribution in [0.2, 0.25) is 0 Å². The lowest BCUT2D eigenvalue weighted by molar-refractivity contribution is -0.145. The molecule has 0 spiro atoms. The SMILES string of the molecule is N#Cc1ccc(OCc2cccnc2)cc1OC(C(=O)O)c1ccccc1. The van der Waals surface area contributed by atoms with E-state index in [1.807, 2.05) is 18.2 Å². The van der Waals surface area contributed by atoms with Crippen molar-refractivity contribution in [3.05, 3.63) is 89.7 Å². The quantitative estimate of drug-likeness (QED) is 0.690. The second-order valence-electron chi connectivity index (χ2n) is 5.67. The first kappa shape index (κ1) is 18.0. The molecule has 2 aromatic carbocycles. The summed E-state index contributed by atoms with van der Waals surface area (Å²) in [6, 6.07) is 19.0. The van der Waals surface area contributed by atoms with Gasteiger partial charge in [-0.3, -0.25) is 4.98 Å². The van der Waals surface area contributed by atoms with Gasteiger partial charge in [-0.25, -0.2) is 4.79 Å². The Labute approximate surface area is 156 Å². The highest BCUT2D eigenvalue weighted by Crippen LogP contribution is 2.29. The molecule has 0 saturated heterocycles. The predicted molar refractivity (Wildman–Crippen MR) is 97.2 cm³/mol. The van der Waals surface area contributed by atoms with Crippen LogP contribution in [-0.4, -0.2) is 16.1 Å². The van der Waals surface area contributed by atoms with Crippen molar-refractivity contribution < 1.29 is 19.4 Å². The number of pyridine rings is 1. The molecule has 1 N–H and O–H groups in total. The van der Waals surface area contributed by atoms with Crippen LogP contribution in [0, 0.1) is 11.3 Å². The van der Waals surface area contributed by atoms with Gasteiger partial charge in [0.15, 0.2) is 0 Å². The summed E-state index contributed by atoms with van der Waals surface area (Å²) in [6.07, 6.45) is 2.14. The molecular formula is C21H16N2O4. The third-order valence-corrected chi connectivity index (χ3v) is 3.77. The first-order valence-electron chi connectivity index (χ1n) is 8.17. The van der Waals surface area contributed by atoms with Crippen molar-refractivity contribution in [2.24, 2.45) is 0 Å². The zero-order valence-corrected chi connectivity index (χ0v) is 14.3. The lowest BCUT2D eigenvalue weighted by atomic mass is 10.1. The molecule has 0 radical (unpaired) electrons. The van der Waals surface area contributed by atoms with E-state index in [1.165, 1.54) is 12.1 Å². The van der Waals surface area contributed by atoms with Crippen molar-refractivity contribution in [2.75, 3.05) is 0 Å². The molecule has 0 fully saturated rings. The Morgan fingerprint density at radius 1 is 1.15 bits per heavy atom. The van der Waals surface area contributed by atoms with E-state index in [-0.39, 0.29) is 11.3 Å². The van der Waals surface area contributed by atoms with Crippen LogP contribution in [-0.2, 0) is 11.4 Å². The number of aliphatic carboxylic acids is 1. The van der Waals surface area contributed by atoms with Gasteiger partial charge in [0.2, 0.25) is 6.10 Å². The highest BCUT2D eigenvalue weighted by atomic mass is 16.5. The number of carboxylic acids is 1. The number of carbonyl (C=O) groups is 1. The summed E-state index contributed by atoms with van der Waals surface area (Å²) in [7, 11) is 0. The van der Waals surface area contributed by atoms with Gasteiger partial charge >= 0.3 is 5.97 Å². The van der Waals surface area contributed by atoms with Gasteiger partial charge in [-0.05, 0) is 18.2 Å². The molecule has 27 heavy (non-hydrogen) atoms. The van der Waals surface area contributed by atoms with Crippen LogP contribution in [0.4, 0.5) is 0 Å². The number of ether oxygens (including phenoxy) is 2. The van der Waals surface area contributed by atoms with Crippen LogP contribution in [0.25, 0.3) is 0 Å². The van der Waals surface area contributed by atoms with Crippen LogP contribution in [0.5, 0.6) is 11.5 Å². The van der Waals surface area contributed by atoms with Crippen LogP contribution in [0.3, 0.4) is 0 Å². The van der Waals surface area contributed by atoms with Gasteiger partial charge in [-0.1, -0.05) is 36.4 Å². The summed E-state index contributed by atoms with van der Waals surface area (Å²) in [5.74, 6) is -0.533. The summed E-state index contributed by atoms with van der Waals surface area (Å²) >= 11 is 0. The van der Waals surface area contributed by atoms with E-state index in [0.29, 0.717) is 17.9 Å². The fraction of sp³-hybridized carbons (Fsp3) is 0.0952. The largest absolute Gasteiger partial charge is 0.489 e. The van der Waals surface area contributed by atoms with Crippen molar-refractivity contribution >= 4 is 5.97 Å². The van der Waals surface area contributed by atoms with Gasteiger partial charge in [0.05, 0.1) is 5.56 Å². The van der Waals surface area contributed by atoms with Crippen LogP contribution < -0.4 is 9.47 Å². The molecular weight excluding hydrogens is 344 g/mol. The molecule has 0 aliphatic heterocycles. The predicted octanol–water partition coefficient (Wildman–Crippen LogP) is 3.74. The fourth-order valence-corrected chi connectivity index (χ4v) is 2.45. The average Bonchev–Trinajstić information content (AvgIpc) is 2.71. The Morgan fingerprint density at radius 3 is 2.63 bits per heavy atom. The zero-order chi connectivity index (χ0) is 19.1. The van der Waals surface area contributed by atoms with Crippen LogP contribution >= 0.6 is 0 Å². The second kappa shape index (κ2) is 8.50. The highest BCUT2D eigenvalue weighted by molar-refractivity contribution is 5.75. The minimum Gasteiger partial charge on any atom is -0.489 e. The molecule has 6 nitrogen and oxygen atoms in total. The maximum Gasteiger partial charge on any atom is 0.349 e. The summed E-state index contributed by atoms with van der Waals surface area (Å²) < 4.78 is 11.4. The Bertz CT molecular complexity index is 953. The summed E-state index contributed by atoms with van der Waals surface area (Å²) in [5.41, 5.74) is 1.60. The first-order chi connectivity index (χ1) is 13.2. The standard InChI is InChI=1S/C21H16N2O4/c22-12-17-8-9-18(26-14-15-5-4-10-23-13-15)11-19(17)27-20(21(24)25)16-6-2-1-3-7-16/h1-11,13,20H,14H2,(H,24,25). The normalized spacial score (nSPS) is 11.2. The van der Waals surface area contributed by atoms with Crippen molar-refractivity contribution in [1.82, 2.24) is 4.98 Å². The molecule has 1 heterocycles. The number of nitriles is 1. The van der Waals surface area contributed by atoms with Gasteiger partial charge in [0.1, 0.15) is 24.2 Å².